The lowest BCUT2D eigenvalue weighted by Gasteiger charge is -2.09. The number of ether oxygens (including phenoxy) is 1. The van der Waals surface area contributed by atoms with Crippen LogP contribution in [0.4, 0.5) is 0 Å². The summed E-state index contributed by atoms with van der Waals surface area (Å²) in [6.07, 6.45) is 5.35. The summed E-state index contributed by atoms with van der Waals surface area (Å²) < 4.78 is 6.00. The number of aromatic nitrogens is 2. The Labute approximate surface area is 191 Å². The molecule has 0 saturated heterocycles. The lowest BCUT2D eigenvalue weighted by Crippen LogP contribution is -2.02. The standard InChI is InChI=1S/C27H22N2O2S/c1-18-27(32-17-29-18)25-22-12-11-21(31-14-6-9-19-7-3-2-4-8-19)15-23(22)26(30)24(25)20-10-5-13-28-16-20/h2-5,7-8,10-13,15-17H,6,9,14H2,1H3. The SMILES string of the molecule is Cc1ncsc1C1=C(c2cccnc2)C(=O)c2cc(OCCCc3ccccc3)ccc21. The van der Waals surface area contributed by atoms with Crippen molar-refractivity contribution in [2.24, 2.45) is 0 Å². The highest BCUT2D eigenvalue weighted by Gasteiger charge is 2.33. The number of fused-ring (bicyclic) bond motifs is 1. The Bertz CT molecular complexity index is 1290. The van der Waals surface area contributed by atoms with Crippen LogP contribution < -0.4 is 4.74 Å². The smallest absolute Gasteiger partial charge is 0.195 e. The van der Waals surface area contributed by atoms with Gasteiger partial charge in [-0.25, -0.2) is 4.98 Å². The van der Waals surface area contributed by atoms with Gasteiger partial charge in [0.15, 0.2) is 5.78 Å². The molecule has 5 heteroatoms. The molecule has 158 valence electrons. The van der Waals surface area contributed by atoms with Gasteiger partial charge in [0.25, 0.3) is 0 Å². The summed E-state index contributed by atoms with van der Waals surface area (Å²) >= 11 is 1.56. The first-order valence-electron chi connectivity index (χ1n) is 10.6. The van der Waals surface area contributed by atoms with Crippen molar-refractivity contribution in [2.45, 2.75) is 19.8 Å². The van der Waals surface area contributed by atoms with Crippen LogP contribution in [-0.2, 0) is 6.42 Å². The van der Waals surface area contributed by atoms with Gasteiger partial charge in [0, 0.05) is 34.7 Å². The normalized spacial score (nSPS) is 12.8. The second-order valence-corrected chi connectivity index (χ2v) is 8.59. The first kappa shape index (κ1) is 20.3. The van der Waals surface area contributed by atoms with Crippen LogP contribution in [0, 0.1) is 6.92 Å². The topological polar surface area (TPSA) is 52.1 Å². The minimum Gasteiger partial charge on any atom is -0.494 e. The lowest BCUT2D eigenvalue weighted by atomic mass is 9.99. The first-order valence-corrected chi connectivity index (χ1v) is 11.5. The van der Waals surface area contributed by atoms with Crippen LogP contribution >= 0.6 is 11.3 Å². The summed E-state index contributed by atoms with van der Waals surface area (Å²) in [5.74, 6) is 0.725. The molecule has 2 heterocycles. The Balaban J connectivity index is 1.42. The number of carbonyl (C=O) groups excluding carboxylic acids is 1. The molecule has 0 amide bonds. The summed E-state index contributed by atoms with van der Waals surface area (Å²) in [6.45, 7) is 2.58. The third-order valence-electron chi connectivity index (χ3n) is 5.63. The molecule has 4 aromatic rings. The first-order chi connectivity index (χ1) is 15.7. The maximum atomic E-state index is 13.5. The zero-order valence-corrected chi connectivity index (χ0v) is 18.6. The van der Waals surface area contributed by atoms with Crippen LogP contribution in [-0.4, -0.2) is 22.4 Å². The molecule has 0 bridgehead atoms. The molecule has 4 nitrogen and oxygen atoms in total. The Morgan fingerprint density at radius 2 is 1.84 bits per heavy atom. The van der Waals surface area contributed by atoms with Gasteiger partial charge in [-0.05, 0) is 55.2 Å². The third-order valence-corrected chi connectivity index (χ3v) is 6.57. The van der Waals surface area contributed by atoms with Crippen molar-refractivity contribution < 1.29 is 9.53 Å². The average Bonchev–Trinajstić information content (AvgIpc) is 3.38. The monoisotopic (exact) mass is 438 g/mol. The molecule has 0 N–H and O–H groups in total. The van der Waals surface area contributed by atoms with E-state index in [-0.39, 0.29) is 5.78 Å². The van der Waals surface area contributed by atoms with Gasteiger partial charge in [0.1, 0.15) is 5.75 Å². The lowest BCUT2D eigenvalue weighted by molar-refractivity contribution is 0.105. The van der Waals surface area contributed by atoms with E-state index >= 15 is 0 Å². The highest BCUT2D eigenvalue weighted by atomic mass is 32.1. The molecular weight excluding hydrogens is 416 g/mol. The number of allylic oxidation sites excluding steroid dienone is 1. The van der Waals surface area contributed by atoms with Crippen LogP contribution in [0.3, 0.4) is 0 Å². The molecule has 0 fully saturated rings. The molecule has 0 aliphatic heterocycles. The molecule has 1 aliphatic rings. The minimum atomic E-state index is 0.00513. The number of Topliss-reactive ketones (excluding diaryl/α,β-unsaturated/α-hetero) is 1. The molecule has 32 heavy (non-hydrogen) atoms. The van der Waals surface area contributed by atoms with E-state index in [0.29, 0.717) is 17.7 Å². The predicted molar refractivity (Wildman–Crippen MR) is 128 cm³/mol. The van der Waals surface area contributed by atoms with Gasteiger partial charge in [-0.2, -0.15) is 0 Å². The highest BCUT2D eigenvalue weighted by Crippen LogP contribution is 2.45. The fourth-order valence-corrected chi connectivity index (χ4v) is 4.95. The van der Waals surface area contributed by atoms with E-state index in [9.17, 15) is 4.79 Å². The average molecular weight is 439 g/mol. The largest absolute Gasteiger partial charge is 0.494 e. The van der Waals surface area contributed by atoms with Gasteiger partial charge in [0.2, 0.25) is 0 Å². The van der Waals surface area contributed by atoms with Crippen molar-refractivity contribution in [3.63, 3.8) is 0 Å². The Morgan fingerprint density at radius 3 is 2.59 bits per heavy atom. The van der Waals surface area contributed by atoms with Crippen molar-refractivity contribution in [2.75, 3.05) is 6.61 Å². The summed E-state index contributed by atoms with van der Waals surface area (Å²) in [5, 5.41) is 0. The quantitative estimate of drug-likeness (QED) is 0.331. The van der Waals surface area contributed by atoms with E-state index < -0.39 is 0 Å². The Morgan fingerprint density at radius 1 is 0.969 bits per heavy atom. The minimum absolute atomic E-state index is 0.00513. The van der Waals surface area contributed by atoms with Gasteiger partial charge in [-0.15, -0.1) is 11.3 Å². The number of aryl methyl sites for hydroxylation is 2. The number of hydrogen-bond acceptors (Lipinski definition) is 5. The number of carbonyl (C=O) groups is 1. The van der Waals surface area contributed by atoms with E-state index in [0.717, 1.165) is 45.9 Å². The van der Waals surface area contributed by atoms with Crippen molar-refractivity contribution in [1.82, 2.24) is 9.97 Å². The second kappa shape index (κ2) is 8.89. The van der Waals surface area contributed by atoms with Gasteiger partial charge in [-0.1, -0.05) is 36.4 Å². The number of thiazole rings is 1. The zero-order chi connectivity index (χ0) is 21.9. The third kappa shape index (κ3) is 3.87. The molecule has 0 unspecified atom stereocenters. The van der Waals surface area contributed by atoms with Crippen molar-refractivity contribution in [3.8, 4) is 5.75 Å². The maximum absolute atomic E-state index is 13.5. The Hall–Kier alpha value is -3.57. The van der Waals surface area contributed by atoms with Crippen LogP contribution in [0.2, 0.25) is 0 Å². The molecule has 1 aliphatic carbocycles. The number of rotatable bonds is 7. The molecule has 0 spiro atoms. The molecule has 5 rings (SSSR count). The molecule has 0 saturated carbocycles. The second-order valence-electron chi connectivity index (χ2n) is 7.73. The summed E-state index contributed by atoms with van der Waals surface area (Å²) in [5.41, 5.74) is 8.09. The van der Waals surface area contributed by atoms with Crippen LogP contribution in [0.25, 0.3) is 11.1 Å². The van der Waals surface area contributed by atoms with Gasteiger partial charge in [0.05, 0.1) is 22.7 Å². The molecule has 0 atom stereocenters. The van der Waals surface area contributed by atoms with Crippen LogP contribution in [0.15, 0.2) is 78.6 Å². The molecule has 2 aromatic carbocycles. The van der Waals surface area contributed by atoms with E-state index in [4.69, 9.17) is 4.74 Å². The van der Waals surface area contributed by atoms with E-state index in [2.05, 4.69) is 34.2 Å². The van der Waals surface area contributed by atoms with Crippen LogP contribution in [0.5, 0.6) is 5.75 Å². The summed E-state index contributed by atoms with van der Waals surface area (Å²) in [7, 11) is 0. The maximum Gasteiger partial charge on any atom is 0.195 e. The van der Waals surface area contributed by atoms with Crippen molar-refractivity contribution in [1.29, 1.82) is 0 Å². The molecule has 2 aromatic heterocycles. The number of pyridine rings is 1. The summed E-state index contributed by atoms with van der Waals surface area (Å²) in [4.78, 5) is 23.2. The van der Waals surface area contributed by atoms with Gasteiger partial charge >= 0.3 is 0 Å². The Kier molecular flexibility index (Phi) is 5.65. The van der Waals surface area contributed by atoms with E-state index in [1.807, 2.05) is 48.8 Å². The molecular formula is C27H22N2O2S. The predicted octanol–water partition coefficient (Wildman–Crippen LogP) is 6.01. The molecule has 0 radical (unpaired) electrons. The van der Waals surface area contributed by atoms with Gasteiger partial charge in [-0.3, -0.25) is 9.78 Å². The fourth-order valence-electron chi connectivity index (χ4n) is 4.08. The van der Waals surface area contributed by atoms with Crippen molar-refractivity contribution in [3.05, 3.63) is 111 Å². The number of ketones is 1. The highest BCUT2D eigenvalue weighted by molar-refractivity contribution is 7.11. The zero-order valence-electron chi connectivity index (χ0n) is 17.7. The summed E-state index contributed by atoms with van der Waals surface area (Å²) in [6, 6.07) is 20.0. The number of hydrogen-bond donors (Lipinski definition) is 0. The number of nitrogens with zero attached hydrogens (tertiary/aromatic N) is 2. The number of benzene rings is 2. The van der Waals surface area contributed by atoms with E-state index in [1.165, 1.54) is 5.56 Å². The van der Waals surface area contributed by atoms with Crippen molar-refractivity contribution >= 4 is 28.3 Å². The van der Waals surface area contributed by atoms with E-state index in [1.54, 1.807) is 23.7 Å². The van der Waals surface area contributed by atoms with Gasteiger partial charge < -0.3 is 4.74 Å². The fraction of sp³-hybridized carbons (Fsp3) is 0.148. The van der Waals surface area contributed by atoms with Crippen LogP contribution in [0.1, 0.15) is 44.0 Å².